The SMILES string of the molecule is O=C(O)CCCNS(=O)(=O)c1cccc(C(=O)NCC(F)(F)F)c1. The van der Waals surface area contributed by atoms with Gasteiger partial charge in [-0.15, -0.1) is 0 Å². The van der Waals surface area contributed by atoms with Crippen LogP contribution in [-0.4, -0.2) is 44.7 Å². The van der Waals surface area contributed by atoms with Crippen molar-refractivity contribution in [1.82, 2.24) is 10.0 Å². The Bertz CT molecular complexity index is 704. The van der Waals surface area contributed by atoms with Gasteiger partial charge in [-0.25, -0.2) is 13.1 Å². The molecule has 1 aromatic carbocycles. The number of carbonyl (C=O) groups is 2. The maximum atomic E-state index is 12.1. The molecule has 1 rings (SSSR count). The number of sulfonamides is 1. The number of aliphatic carboxylic acids is 1. The van der Waals surface area contributed by atoms with Gasteiger partial charge in [0.15, 0.2) is 0 Å². The molecule has 11 heteroatoms. The van der Waals surface area contributed by atoms with Crippen LogP contribution in [0.2, 0.25) is 0 Å². The van der Waals surface area contributed by atoms with E-state index < -0.39 is 34.6 Å². The molecule has 0 aliphatic carbocycles. The zero-order valence-electron chi connectivity index (χ0n) is 12.3. The molecule has 0 spiro atoms. The van der Waals surface area contributed by atoms with Gasteiger partial charge in [0.1, 0.15) is 6.54 Å². The molecule has 134 valence electrons. The van der Waals surface area contributed by atoms with Crippen LogP contribution >= 0.6 is 0 Å². The Labute approximate surface area is 135 Å². The number of carboxylic acids is 1. The topological polar surface area (TPSA) is 113 Å². The van der Waals surface area contributed by atoms with Crippen LogP contribution in [0, 0.1) is 0 Å². The fourth-order valence-electron chi connectivity index (χ4n) is 1.62. The lowest BCUT2D eigenvalue weighted by atomic mass is 10.2. The first-order valence-corrected chi connectivity index (χ1v) is 8.16. The maximum absolute atomic E-state index is 12.1. The van der Waals surface area contributed by atoms with Gasteiger partial charge < -0.3 is 10.4 Å². The minimum Gasteiger partial charge on any atom is -0.481 e. The van der Waals surface area contributed by atoms with Crippen LogP contribution < -0.4 is 10.0 Å². The zero-order chi connectivity index (χ0) is 18.4. The van der Waals surface area contributed by atoms with E-state index in [2.05, 4.69) is 4.72 Å². The summed E-state index contributed by atoms with van der Waals surface area (Å²) in [6, 6.07) is 4.49. The molecular weight excluding hydrogens is 353 g/mol. The standard InChI is InChI=1S/C13H15F3N2O5S/c14-13(15,16)8-17-12(21)9-3-1-4-10(7-9)24(22,23)18-6-2-5-11(19)20/h1,3-4,7,18H,2,5-6,8H2,(H,17,21)(H,19,20). The predicted octanol–water partition coefficient (Wildman–Crippen LogP) is 1.12. The van der Waals surface area contributed by atoms with Crippen LogP contribution in [0.25, 0.3) is 0 Å². The fourth-order valence-corrected chi connectivity index (χ4v) is 2.74. The van der Waals surface area contributed by atoms with Crippen LogP contribution in [0.5, 0.6) is 0 Å². The van der Waals surface area contributed by atoms with Gasteiger partial charge in [0.25, 0.3) is 5.91 Å². The molecule has 1 amide bonds. The van der Waals surface area contributed by atoms with E-state index >= 15 is 0 Å². The van der Waals surface area contributed by atoms with Crippen molar-refractivity contribution in [3.8, 4) is 0 Å². The molecule has 0 aliphatic heterocycles. The van der Waals surface area contributed by atoms with Crippen molar-refractivity contribution in [2.24, 2.45) is 0 Å². The first-order chi connectivity index (χ1) is 11.0. The first-order valence-electron chi connectivity index (χ1n) is 6.68. The highest BCUT2D eigenvalue weighted by Gasteiger charge is 2.28. The first kappa shape index (κ1) is 19.9. The summed E-state index contributed by atoms with van der Waals surface area (Å²) in [4.78, 5) is 21.7. The van der Waals surface area contributed by atoms with E-state index in [-0.39, 0.29) is 29.8 Å². The van der Waals surface area contributed by atoms with E-state index in [9.17, 15) is 31.2 Å². The van der Waals surface area contributed by atoms with Crippen LogP contribution in [0.1, 0.15) is 23.2 Å². The monoisotopic (exact) mass is 368 g/mol. The molecular formula is C13H15F3N2O5S. The number of carbonyl (C=O) groups excluding carboxylic acids is 1. The summed E-state index contributed by atoms with van der Waals surface area (Å²) < 4.78 is 62.4. The molecule has 0 aromatic heterocycles. The number of halogens is 3. The molecule has 0 bridgehead atoms. The van der Waals surface area contributed by atoms with Crippen molar-refractivity contribution in [2.45, 2.75) is 23.9 Å². The lowest BCUT2D eigenvalue weighted by Crippen LogP contribution is -2.33. The quantitative estimate of drug-likeness (QED) is 0.595. The van der Waals surface area contributed by atoms with Gasteiger partial charge in [-0.1, -0.05) is 6.07 Å². The molecule has 1 aromatic rings. The lowest BCUT2D eigenvalue weighted by molar-refractivity contribution is -0.137. The van der Waals surface area contributed by atoms with Gasteiger partial charge in [0.05, 0.1) is 4.90 Å². The van der Waals surface area contributed by atoms with Gasteiger partial charge >= 0.3 is 12.1 Å². The Kier molecular flexibility index (Phi) is 6.72. The minimum absolute atomic E-state index is 0.0698. The summed E-state index contributed by atoms with van der Waals surface area (Å²) in [6.07, 6.45) is -4.73. The lowest BCUT2D eigenvalue weighted by Gasteiger charge is -2.10. The third kappa shape index (κ3) is 6.96. The molecule has 0 aliphatic rings. The Hall–Kier alpha value is -2.14. The average molecular weight is 368 g/mol. The fraction of sp³-hybridized carbons (Fsp3) is 0.385. The molecule has 3 N–H and O–H groups in total. The molecule has 24 heavy (non-hydrogen) atoms. The predicted molar refractivity (Wildman–Crippen MR) is 76.9 cm³/mol. The van der Waals surface area contributed by atoms with Crippen molar-refractivity contribution in [3.63, 3.8) is 0 Å². The Morgan fingerprint density at radius 1 is 1.21 bits per heavy atom. The zero-order valence-corrected chi connectivity index (χ0v) is 13.1. The molecule has 0 fully saturated rings. The summed E-state index contributed by atoms with van der Waals surface area (Å²) in [7, 11) is -4.00. The van der Waals surface area contributed by atoms with Crippen molar-refractivity contribution in [2.75, 3.05) is 13.1 Å². The second-order valence-corrected chi connectivity index (χ2v) is 6.49. The minimum atomic E-state index is -4.58. The Balaban J connectivity index is 2.76. The highest BCUT2D eigenvalue weighted by Crippen LogP contribution is 2.14. The normalized spacial score (nSPS) is 12.0. The van der Waals surface area contributed by atoms with Crippen molar-refractivity contribution in [3.05, 3.63) is 29.8 Å². The smallest absolute Gasteiger partial charge is 0.405 e. The average Bonchev–Trinajstić information content (AvgIpc) is 2.48. The summed E-state index contributed by atoms with van der Waals surface area (Å²) in [5.41, 5.74) is -0.243. The van der Waals surface area contributed by atoms with E-state index in [4.69, 9.17) is 5.11 Å². The van der Waals surface area contributed by atoms with Crippen LogP contribution in [0.4, 0.5) is 13.2 Å². The summed E-state index contributed by atoms with van der Waals surface area (Å²) in [6.45, 7) is -1.66. The number of hydrogen-bond acceptors (Lipinski definition) is 4. The number of hydrogen-bond donors (Lipinski definition) is 3. The van der Waals surface area contributed by atoms with Gasteiger partial charge in [0.2, 0.25) is 10.0 Å². The van der Waals surface area contributed by atoms with E-state index in [1.165, 1.54) is 18.2 Å². The van der Waals surface area contributed by atoms with Gasteiger partial charge in [-0.05, 0) is 24.6 Å². The Morgan fingerprint density at radius 3 is 2.46 bits per heavy atom. The molecule has 0 radical (unpaired) electrons. The number of nitrogens with one attached hydrogen (secondary N) is 2. The maximum Gasteiger partial charge on any atom is 0.405 e. The number of amides is 1. The second kappa shape index (κ2) is 8.11. The van der Waals surface area contributed by atoms with Crippen molar-refractivity contribution < 1.29 is 36.3 Å². The highest BCUT2D eigenvalue weighted by molar-refractivity contribution is 7.89. The Morgan fingerprint density at radius 2 is 1.88 bits per heavy atom. The third-order valence-corrected chi connectivity index (χ3v) is 4.17. The van der Waals surface area contributed by atoms with Crippen molar-refractivity contribution in [1.29, 1.82) is 0 Å². The largest absolute Gasteiger partial charge is 0.481 e. The van der Waals surface area contributed by atoms with E-state index in [0.29, 0.717) is 0 Å². The van der Waals surface area contributed by atoms with Crippen LogP contribution in [-0.2, 0) is 14.8 Å². The molecule has 0 saturated heterocycles. The molecule has 7 nitrogen and oxygen atoms in total. The molecule has 0 unspecified atom stereocenters. The number of alkyl halides is 3. The van der Waals surface area contributed by atoms with Gasteiger partial charge in [-0.3, -0.25) is 9.59 Å². The number of carboxylic acid groups (broad SMARTS) is 1. The van der Waals surface area contributed by atoms with Crippen molar-refractivity contribution >= 4 is 21.9 Å². The van der Waals surface area contributed by atoms with Crippen LogP contribution in [0.3, 0.4) is 0 Å². The number of rotatable bonds is 8. The van der Waals surface area contributed by atoms with E-state index in [0.717, 1.165) is 6.07 Å². The van der Waals surface area contributed by atoms with Gasteiger partial charge in [0, 0.05) is 18.5 Å². The molecule has 0 atom stereocenters. The second-order valence-electron chi connectivity index (χ2n) is 4.72. The third-order valence-electron chi connectivity index (χ3n) is 2.72. The molecule has 0 saturated carbocycles. The van der Waals surface area contributed by atoms with Gasteiger partial charge in [-0.2, -0.15) is 13.2 Å². The summed E-state index contributed by atoms with van der Waals surface area (Å²) >= 11 is 0. The molecule has 0 heterocycles. The van der Waals surface area contributed by atoms with Crippen LogP contribution in [0.15, 0.2) is 29.2 Å². The number of benzene rings is 1. The summed E-state index contributed by atoms with van der Waals surface area (Å²) in [5, 5.41) is 10.1. The van der Waals surface area contributed by atoms with E-state index in [1.807, 2.05) is 0 Å². The summed E-state index contributed by atoms with van der Waals surface area (Å²) in [5.74, 6) is -2.13. The van der Waals surface area contributed by atoms with E-state index in [1.54, 1.807) is 5.32 Å². The highest BCUT2D eigenvalue weighted by atomic mass is 32.2.